The molecular weight excluding hydrogens is 530 g/mol. The minimum atomic E-state index is -0.981. The average Bonchev–Trinajstić information content (AvgIpc) is 3.46. The summed E-state index contributed by atoms with van der Waals surface area (Å²) in [4.78, 5) is 27.6. The Bertz CT molecular complexity index is 1710. The number of nitrogen functional groups attached to an aromatic ring is 1. The molecule has 5 rings (SSSR count). The summed E-state index contributed by atoms with van der Waals surface area (Å²) in [5.41, 5.74) is 8.86. The minimum Gasteiger partial charge on any atom is -0.383 e. The van der Waals surface area contributed by atoms with Gasteiger partial charge in [-0.05, 0) is 53.6 Å². The van der Waals surface area contributed by atoms with Gasteiger partial charge in [0.1, 0.15) is 18.0 Å². The Labute approximate surface area is 234 Å². The van der Waals surface area contributed by atoms with E-state index < -0.39 is 17.5 Å². The van der Waals surface area contributed by atoms with Crippen LogP contribution in [0.25, 0.3) is 21.3 Å². The van der Waals surface area contributed by atoms with E-state index in [0.717, 1.165) is 38.4 Å². The van der Waals surface area contributed by atoms with Crippen LogP contribution in [0.4, 0.5) is 20.4 Å². The molecule has 2 aromatic carbocycles. The number of carbonyl (C=O) groups excluding carboxylic acids is 1. The van der Waals surface area contributed by atoms with Crippen molar-refractivity contribution < 1.29 is 13.6 Å². The van der Waals surface area contributed by atoms with Crippen LogP contribution in [0.1, 0.15) is 40.2 Å². The quantitative estimate of drug-likeness (QED) is 0.207. The van der Waals surface area contributed by atoms with E-state index in [0.29, 0.717) is 29.3 Å². The molecule has 0 aliphatic rings. The van der Waals surface area contributed by atoms with Crippen LogP contribution < -0.4 is 16.4 Å². The summed E-state index contributed by atoms with van der Waals surface area (Å²) < 4.78 is 26.7. The Kier molecular flexibility index (Phi) is 8.99. The van der Waals surface area contributed by atoms with E-state index in [9.17, 15) is 13.6 Å². The number of nitrogens with two attached hydrogens (primary N) is 1. The first-order valence-corrected chi connectivity index (χ1v) is 13.2. The number of amides is 1. The van der Waals surface area contributed by atoms with Crippen molar-refractivity contribution in [3.05, 3.63) is 100 Å². The SMILES string of the molecule is C#Cc1cnc(NCc2ccc(-c3ccc4ncnc(N)c4c3)s2)c(C(=O)NCc2ccc(F)c(F)c2)c1.CC. The highest BCUT2D eigenvalue weighted by Crippen LogP contribution is 2.31. The van der Waals surface area contributed by atoms with Gasteiger partial charge < -0.3 is 16.4 Å². The Morgan fingerprint density at radius 3 is 2.60 bits per heavy atom. The predicted molar refractivity (Wildman–Crippen MR) is 156 cm³/mol. The molecule has 0 saturated carbocycles. The lowest BCUT2D eigenvalue weighted by molar-refractivity contribution is 0.0951. The highest BCUT2D eigenvalue weighted by atomic mass is 32.1. The first-order valence-electron chi connectivity index (χ1n) is 12.4. The second-order valence-corrected chi connectivity index (χ2v) is 9.47. The van der Waals surface area contributed by atoms with Gasteiger partial charge in [-0.2, -0.15) is 0 Å². The molecule has 0 saturated heterocycles. The molecule has 3 aromatic heterocycles. The van der Waals surface area contributed by atoms with Gasteiger partial charge >= 0.3 is 0 Å². The Morgan fingerprint density at radius 2 is 1.82 bits per heavy atom. The number of fused-ring (bicyclic) bond motifs is 1. The predicted octanol–water partition coefficient (Wildman–Crippen LogP) is 6.16. The molecule has 0 spiro atoms. The number of carbonyl (C=O) groups is 1. The van der Waals surface area contributed by atoms with Gasteiger partial charge in [-0.15, -0.1) is 17.8 Å². The molecule has 0 unspecified atom stereocenters. The van der Waals surface area contributed by atoms with Crippen LogP contribution in [0.5, 0.6) is 0 Å². The third-order valence-electron chi connectivity index (χ3n) is 5.78. The number of nitrogens with one attached hydrogen (secondary N) is 2. The van der Waals surface area contributed by atoms with Crippen LogP contribution in [0.2, 0.25) is 0 Å². The number of nitrogens with zero attached hydrogens (tertiary/aromatic N) is 3. The zero-order valence-corrected chi connectivity index (χ0v) is 22.7. The second-order valence-electron chi connectivity index (χ2n) is 8.31. The minimum absolute atomic E-state index is 0.00531. The van der Waals surface area contributed by atoms with Crippen LogP contribution in [-0.4, -0.2) is 20.9 Å². The van der Waals surface area contributed by atoms with E-state index in [4.69, 9.17) is 12.2 Å². The van der Waals surface area contributed by atoms with Crippen LogP contribution in [0.15, 0.2) is 67.1 Å². The normalized spacial score (nSPS) is 10.4. The number of anilines is 2. The molecule has 202 valence electrons. The van der Waals surface area contributed by atoms with Gasteiger partial charge in [0.15, 0.2) is 11.6 Å². The number of hydrogen-bond donors (Lipinski definition) is 3. The van der Waals surface area contributed by atoms with E-state index in [-0.39, 0.29) is 12.1 Å². The first kappa shape index (κ1) is 28.1. The standard InChI is InChI=1S/C28H20F2N6OS.C2H6/c1-2-16-9-21(28(37)34-13-17-3-6-22(29)23(30)10-17)27(32-12-16)33-14-19-5-8-25(38-19)18-4-7-24-20(11-18)26(31)36-15-35-24;1-2/h1,3-12,15H,13-14H2,(H,32,33)(H,34,37)(H2,31,35,36);1-2H3. The zero-order valence-electron chi connectivity index (χ0n) is 21.8. The lowest BCUT2D eigenvalue weighted by Crippen LogP contribution is -2.24. The number of rotatable bonds is 7. The topological polar surface area (TPSA) is 106 Å². The molecule has 4 N–H and O–H groups in total. The maximum atomic E-state index is 13.5. The summed E-state index contributed by atoms with van der Waals surface area (Å²) in [6, 6.07) is 14.8. The molecule has 3 heterocycles. The largest absolute Gasteiger partial charge is 0.383 e. The summed E-state index contributed by atoms with van der Waals surface area (Å²) in [5, 5.41) is 6.69. The van der Waals surface area contributed by atoms with Crippen molar-refractivity contribution in [1.29, 1.82) is 0 Å². The van der Waals surface area contributed by atoms with Crippen LogP contribution in [-0.2, 0) is 13.1 Å². The van der Waals surface area contributed by atoms with Gasteiger partial charge in [0, 0.05) is 33.4 Å². The van der Waals surface area contributed by atoms with Crippen molar-refractivity contribution in [1.82, 2.24) is 20.3 Å². The third kappa shape index (κ3) is 6.39. The molecule has 0 aliphatic heterocycles. The number of halogens is 2. The van der Waals surface area contributed by atoms with Crippen molar-refractivity contribution in [2.45, 2.75) is 26.9 Å². The molecule has 0 radical (unpaired) electrons. The number of thiophene rings is 1. The van der Waals surface area contributed by atoms with Gasteiger partial charge in [-0.3, -0.25) is 4.79 Å². The smallest absolute Gasteiger partial charge is 0.255 e. The second kappa shape index (κ2) is 12.8. The summed E-state index contributed by atoms with van der Waals surface area (Å²) in [7, 11) is 0. The number of hydrogen-bond acceptors (Lipinski definition) is 7. The van der Waals surface area contributed by atoms with E-state index in [1.165, 1.54) is 18.6 Å². The maximum absolute atomic E-state index is 13.5. The molecule has 0 bridgehead atoms. The molecule has 5 aromatic rings. The molecule has 10 heteroatoms. The number of pyridine rings is 1. The third-order valence-corrected chi connectivity index (χ3v) is 6.91. The van der Waals surface area contributed by atoms with Crippen LogP contribution in [0, 0.1) is 24.0 Å². The molecule has 0 aliphatic carbocycles. The monoisotopic (exact) mass is 556 g/mol. The van der Waals surface area contributed by atoms with Crippen LogP contribution in [0.3, 0.4) is 0 Å². The van der Waals surface area contributed by atoms with Gasteiger partial charge in [-0.25, -0.2) is 23.7 Å². The van der Waals surface area contributed by atoms with Crippen molar-refractivity contribution in [3.8, 4) is 22.8 Å². The van der Waals surface area contributed by atoms with Gasteiger partial charge in [-0.1, -0.05) is 31.9 Å². The molecule has 1 amide bonds. The van der Waals surface area contributed by atoms with Gasteiger partial charge in [0.25, 0.3) is 5.91 Å². The van der Waals surface area contributed by atoms with Crippen molar-refractivity contribution >= 4 is 39.8 Å². The number of benzene rings is 2. The summed E-state index contributed by atoms with van der Waals surface area (Å²) >= 11 is 1.58. The summed E-state index contributed by atoms with van der Waals surface area (Å²) in [5.74, 6) is 0.854. The molecule has 0 atom stereocenters. The summed E-state index contributed by atoms with van der Waals surface area (Å²) in [6.07, 6.45) is 8.43. The van der Waals surface area contributed by atoms with E-state index in [1.807, 2.05) is 44.2 Å². The zero-order chi connectivity index (χ0) is 28.6. The Hall–Kier alpha value is -4.88. The Balaban J connectivity index is 0.00000181. The lowest BCUT2D eigenvalue weighted by Gasteiger charge is -2.12. The van der Waals surface area contributed by atoms with Crippen molar-refractivity contribution in [2.75, 3.05) is 11.1 Å². The van der Waals surface area contributed by atoms with E-state index in [1.54, 1.807) is 17.4 Å². The highest BCUT2D eigenvalue weighted by Gasteiger charge is 2.15. The molecule has 40 heavy (non-hydrogen) atoms. The van der Waals surface area contributed by atoms with E-state index in [2.05, 4.69) is 31.5 Å². The maximum Gasteiger partial charge on any atom is 0.255 e. The van der Waals surface area contributed by atoms with E-state index >= 15 is 0 Å². The summed E-state index contributed by atoms with van der Waals surface area (Å²) in [6.45, 7) is 4.42. The van der Waals surface area contributed by atoms with Gasteiger partial charge in [0.2, 0.25) is 0 Å². The van der Waals surface area contributed by atoms with Crippen molar-refractivity contribution in [2.24, 2.45) is 0 Å². The highest BCUT2D eigenvalue weighted by molar-refractivity contribution is 7.15. The van der Waals surface area contributed by atoms with Gasteiger partial charge in [0.05, 0.1) is 17.6 Å². The fraction of sp³-hybridized carbons (Fsp3) is 0.133. The number of terminal acetylenes is 1. The average molecular weight is 557 g/mol. The fourth-order valence-corrected chi connectivity index (χ4v) is 4.76. The van der Waals surface area contributed by atoms with Crippen LogP contribution >= 0.6 is 11.3 Å². The van der Waals surface area contributed by atoms with Crippen molar-refractivity contribution in [3.63, 3.8) is 0 Å². The molecular formula is C30H26F2N6OS. The Morgan fingerprint density at radius 1 is 1.00 bits per heavy atom. The first-order chi connectivity index (χ1) is 19.4. The molecule has 7 nitrogen and oxygen atoms in total. The molecule has 0 fully saturated rings. The fourth-order valence-electron chi connectivity index (χ4n) is 3.81. The number of aromatic nitrogens is 3. The lowest BCUT2D eigenvalue weighted by atomic mass is 10.1.